The zero-order valence-electron chi connectivity index (χ0n) is 20.8. The summed E-state index contributed by atoms with van der Waals surface area (Å²) < 4.78 is 13.1. The zero-order valence-corrected chi connectivity index (χ0v) is 22.8. The van der Waals surface area contributed by atoms with Crippen molar-refractivity contribution in [2.45, 2.75) is 90.6 Å². The minimum Gasteiger partial charge on any atom is -0.542 e. The van der Waals surface area contributed by atoms with E-state index in [0.717, 1.165) is 30.3 Å². The molecule has 2 fully saturated rings. The Balaban J connectivity index is 1.70. The van der Waals surface area contributed by atoms with Gasteiger partial charge in [-0.15, -0.1) is 0 Å². The van der Waals surface area contributed by atoms with E-state index in [1.54, 1.807) is 7.11 Å². The van der Waals surface area contributed by atoms with E-state index in [0.29, 0.717) is 11.8 Å². The summed E-state index contributed by atoms with van der Waals surface area (Å²) in [6.07, 6.45) is 7.21. The maximum absolute atomic E-state index is 6.58. The normalized spacial score (nSPS) is 31.6. The summed E-state index contributed by atoms with van der Waals surface area (Å²) >= 11 is 0. The lowest BCUT2D eigenvalue weighted by Gasteiger charge is -2.49. The van der Waals surface area contributed by atoms with Gasteiger partial charge in [-0.3, -0.25) is 0 Å². The first-order valence-electron chi connectivity index (χ1n) is 12.1. The quantitative estimate of drug-likeness (QED) is 0.352. The highest BCUT2D eigenvalue weighted by atomic mass is 28.4. The molecular weight excluding hydrogens is 418 g/mol. The summed E-state index contributed by atoms with van der Waals surface area (Å²) in [7, 11) is -1.77. The van der Waals surface area contributed by atoms with Gasteiger partial charge >= 0.3 is 0 Å². The highest BCUT2D eigenvalue weighted by Crippen LogP contribution is 2.60. The van der Waals surface area contributed by atoms with E-state index in [1.807, 2.05) is 0 Å². The van der Waals surface area contributed by atoms with E-state index in [2.05, 4.69) is 63.5 Å². The van der Waals surface area contributed by atoms with Gasteiger partial charge in [0.1, 0.15) is 18.6 Å². The second-order valence-corrected chi connectivity index (χ2v) is 20.9. The Kier molecular flexibility index (Phi) is 5.87. The first-order valence-corrected chi connectivity index (χ1v) is 18.9. The van der Waals surface area contributed by atoms with Crippen LogP contribution in [0.25, 0.3) is 0 Å². The summed E-state index contributed by atoms with van der Waals surface area (Å²) in [5, 5.41) is 4.45. The Labute approximate surface area is 191 Å². The molecule has 0 spiro atoms. The summed E-state index contributed by atoms with van der Waals surface area (Å²) in [5.74, 6) is 4.05. The molecule has 4 atom stereocenters. The van der Waals surface area contributed by atoms with Crippen molar-refractivity contribution in [3.05, 3.63) is 23.3 Å². The molecule has 6 heteroatoms. The maximum Gasteiger partial charge on any atom is 0.242 e. The highest BCUT2D eigenvalue weighted by Gasteiger charge is 2.54. The average molecular weight is 460 g/mol. The molecule has 3 aliphatic rings. The van der Waals surface area contributed by atoms with E-state index in [1.165, 1.54) is 42.5 Å². The van der Waals surface area contributed by atoms with Gasteiger partial charge in [0, 0.05) is 5.41 Å². The molecule has 3 aliphatic carbocycles. The van der Waals surface area contributed by atoms with E-state index in [4.69, 9.17) is 13.7 Å². The number of aryl methyl sites for hydroxylation is 1. The van der Waals surface area contributed by atoms with Crippen LogP contribution in [0.15, 0.2) is 17.3 Å². The largest absolute Gasteiger partial charge is 0.542 e. The first kappa shape index (κ1) is 22.9. The van der Waals surface area contributed by atoms with Crippen molar-refractivity contribution >= 4 is 22.3 Å². The predicted octanol–water partition coefficient (Wildman–Crippen LogP) is 6.97. The van der Waals surface area contributed by atoms with Crippen LogP contribution in [0.4, 0.5) is 0 Å². The Morgan fingerprint density at radius 1 is 0.903 bits per heavy atom. The van der Waals surface area contributed by atoms with E-state index >= 15 is 0 Å². The van der Waals surface area contributed by atoms with Crippen molar-refractivity contribution < 1.29 is 13.7 Å². The lowest BCUT2D eigenvalue weighted by Crippen LogP contribution is -2.42. The molecule has 1 aromatic rings. The molecule has 0 amide bonds. The van der Waals surface area contributed by atoms with Gasteiger partial charge in [-0.25, -0.2) is 0 Å². The topological polar surface area (TPSA) is 40.0 Å². The van der Waals surface area contributed by atoms with Crippen LogP contribution < -0.4 is 8.85 Å². The van der Waals surface area contributed by atoms with Crippen LogP contribution in [0.1, 0.15) is 56.1 Å². The van der Waals surface area contributed by atoms with Gasteiger partial charge in [-0.2, -0.15) is 0 Å². The number of rotatable bonds is 5. The molecular formula is C25H41NO3Si2. The van der Waals surface area contributed by atoms with Crippen molar-refractivity contribution in [3.63, 3.8) is 0 Å². The SMILES string of the molecule is CO/N=C1\CC[C@H]2[C@@H]3CCc4cc(O[Si](C)(C)C)c(O[Si](C)(C)C)cc4[C@H]3CC[C@]12C. The Hall–Kier alpha value is -1.28. The zero-order chi connectivity index (χ0) is 22.6. The minimum atomic E-state index is -1.74. The van der Waals surface area contributed by atoms with Gasteiger partial charge in [0.05, 0.1) is 5.71 Å². The molecule has 0 N–H and O–H groups in total. The summed E-state index contributed by atoms with van der Waals surface area (Å²) in [6.45, 7) is 16.0. The summed E-state index contributed by atoms with van der Waals surface area (Å²) in [5.41, 5.74) is 4.54. The Bertz CT molecular complexity index is 871. The lowest BCUT2D eigenvalue weighted by molar-refractivity contribution is 0.0923. The van der Waals surface area contributed by atoms with Crippen LogP contribution in [0.5, 0.6) is 11.5 Å². The molecule has 0 bridgehead atoms. The van der Waals surface area contributed by atoms with Gasteiger partial charge in [0.25, 0.3) is 0 Å². The van der Waals surface area contributed by atoms with E-state index in [-0.39, 0.29) is 5.41 Å². The molecule has 0 radical (unpaired) electrons. The number of fused-ring (bicyclic) bond motifs is 5. The molecule has 2 saturated carbocycles. The van der Waals surface area contributed by atoms with Gasteiger partial charge in [-0.1, -0.05) is 12.1 Å². The predicted molar refractivity (Wildman–Crippen MR) is 133 cm³/mol. The summed E-state index contributed by atoms with van der Waals surface area (Å²) in [4.78, 5) is 5.21. The third-order valence-electron chi connectivity index (χ3n) is 7.56. The van der Waals surface area contributed by atoms with Crippen molar-refractivity contribution in [2.75, 3.05) is 7.11 Å². The van der Waals surface area contributed by atoms with Gasteiger partial charge < -0.3 is 13.7 Å². The Morgan fingerprint density at radius 2 is 1.55 bits per heavy atom. The average Bonchev–Trinajstić information content (AvgIpc) is 2.97. The van der Waals surface area contributed by atoms with Crippen LogP contribution in [0.2, 0.25) is 39.3 Å². The molecule has 31 heavy (non-hydrogen) atoms. The fraction of sp³-hybridized carbons (Fsp3) is 0.720. The monoisotopic (exact) mass is 459 g/mol. The van der Waals surface area contributed by atoms with Crippen molar-refractivity contribution in [1.82, 2.24) is 0 Å². The second-order valence-electron chi connectivity index (χ2n) is 12.1. The minimum absolute atomic E-state index is 0.215. The second kappa shape index (κ2) is 7.94. The molecule has 4 rings (SSSR count). The molecule has 0 heterocycles. The molecule has 1 aromatic carbocycles. The smallest absolute Gasteiger partial charge is 0.242 e. The van der Waals surface area contributed by atoms with Crippen molar-refractivity contribution in [2.24, 2.45) is 22.4 Å². The van der Waals surface area contributed by atoms with Crippen LogP contribution in [0, 0.1) is 17.3 Å². The van der Waals surface area contributed by atoms with Gasteiger partial charge in [0.2, 0.25) is 16.6 Å². The number of hydrogen-bond acceptors (Lipinski definition) is 4. The first-order chi connectivity index (χ1) is 14.4. The van der Waals surface area contributed by atoms with Crippen LogP contribution in [-0.2, 0) is 11.3 Å². The van der Waals surface area contributed by atoms with Crippen LogP contribution in [0.3, 0.4) is 0 Å². The standard InChI is InChI=1S/C25H41NO3Si2/c1-25-14-13-18-19(21(25)11-12-24(25)26-27-2)10-9-17-15-22(28-30(3,4)5)23(16-20(17)18)29-31(6,7)8/h15-16,18-19,21H,9-14H2,1-8H3/b26-24+/t18-,19+,21-,25-/m0/s1. The maximum atomic E-state index is 6.58. The van der Waals surface area contributed by atoms with Crippen molar-refractivity contribution in [3.8, 4) is 11.5 Å². The molecule has 0 aliphatic heterocycles. The fourth-order valence-electron chi connectivity index (χ4n) is 6.45. The Morgan fingerprint density at radius 3 is 2.16 bits per heavy atom. The number of oxime groups is 1. The van der Waals surface area contributed by atoms with Crippen molar-refractivity contribution in [1.29, 1.82) is 0 Å². The number of benzene rings is 1. The van der Waals surface area contributed by atoms with Crippen LogP contribution in [-0.4, -0.2) is 29.5 Å². The molecule has 0 aromatic heterocycles. The molecule has 172 valence electrons. The molecule has 4 nitrogen and oxygen atoms in total. The molecule has 0 unspecified atom stereocenters. The lowest BCUT2D eigenvalue weighted by atomic mass is 9.55. The van der Waals surface area contributed by atoms with Gasteiger partial charge in [0.15, 0.2) is 0 Å². The fourth-order valence-corrected chi connectivity index (χ4v) is 8.08. The summed E-state index contributed by atoms with van der Waals surface area (Å²) in [6, 6.07) is 4.71. The molecule has 0 saturated heterocycles. The highest BCUT2D eigenvalue weighted by molar-refractivity contribution is 6.71. The number of nitrogens with zero attached hydrogens (tertiary/aromatic N) is 1. The van der Waals surface area contributed by atoms with E-state index < -0.39 is 16.6 Å². The third-order valence-corrected chi connectivity index (χ3v) is 9.23. The van der Waals surface area contributed by atoms with Crippen LogP contribution >= 0.6 is 0 Å². The van der Waals surface area contributed by atoms with E-state index in [9.17, 15) is 0 Å². The third kappa shape index (κ3) is 4.47. The van der Waals surface area contributed by atoms with Gasteiger partial charge in [-0.05, 0) is 119 Å². The number of hydrogen-bond donors (Lipinski definition) is 0.